The summed E-state index contributed by atoms with van der Waals surface area (Å²) in [6.45, 7) is 11.6. The van der Waals surface area contributed by atoms with Gasteiger partial charge in [0.1, 0.15) is 5.75 Å². The normalized spacial score (nSPS) is 15.5. The van der Waals surface area contributed by atoms with Gasteiger partial charge in [-0.3, -0.25) is 4.79 Å². The molecule has 1 heterocycles. The fourth-order valence-electron chi connectivity index (χ4n) is 4.00. The molecule has 1 aliphatic heterocycles. The molecule has 2 N–H and O–H groups in total. The zero-order valence-corrected chi connectivity index (χ0v) is 23.1. The third-order valence-corrected chi connectivity index (χ3v) is 6.40. The minimum Gasteiger partial charge on any atom is -0.494 e. The summed E-state index contributed by atoms with van der Waals surface area (Å²) in [5.41, 5.74) is 3.36. The van der Waals surface area contributed by atoms with Gasteiger partial charge in [0.25, 0.3) is 5.91 Å². The zero-order chi connectivity index (χ0) is 26.9. The lowest BCUT2D eigenvalue weighted by atomic mass is 9.94. The van der Waals surface area contributed by atoms with Crippen LogP contribution >= 0.6 is 12.2 Å². The Morgan fingerprint density at radius 1 is 1.08 bits per heavy atom. The van der Waals surface area contributed by atoms with Gasteiger partial charge in [-0.2, -0.15) is 0 Å². The largest absolute Gasteiger partial charge is 0.494 e. The number of hydrogen-bond donors (Lipinski definition) is 2. The standard InChI is InChI=1S/C29H37N3O4S/c1-6-8-17-35-24-15-11-22(12-16-24)27(33)30-23-13-9-21(10-14-23)26-25(28(34)36-18-19(3)4)20(5)32(7-2)29(37)31-26/h9-16,19,26H,6-8,17-18H2,1-5H3,(H,30,33)(H,31,37). The summed E-state index contributed by atoms with van der Waals surface area (Å²) in [5, 5.41) is 6.77. The van der Waals surface area contributed by atoms with E-state index >= 15 is 0 Å². The van der Waals surface area contributed by atoms with Crippen LogP contribution in [0.2, 0.25) is 0 Å². The highest BCUT2D eigenvalue weighted by molar-refractivity contribution is 7.80. The number of carbonyl (C=O) groups is 2. The molecule has 2 aromatic carbocycles. The molecule has 1 amide bonds. The van der Waals surface area contributed by atoms with E-state index in [1.54, 1.807) is 24.3 Å². The number of thiocarbonyl (C=S) groups is 1. The Balaban J connectivity index is 1.74. The molecule has 3 rings (SSSR count). The molecule has 0 saturated carbocycles. The van der Waals surface area contributed by atoms with Crippen molar-refractivity contribution in [3.8, 4) is 5.75 Å². The third-order valence-electron chi connectivity index (χ3n) is 6.07. The average molecular weight is 524 g/mol. The Morgan fingerprint density at radius 3 is 2.35 bits per heavy atom. The lowest BCUT2D eigenvalue weighted by Gasteiger charge is -2.37. The van der Waals surface area contributed by atoms with Crippen molar-refractivity contribution in [1.29, 1.82) is 0 Å². The monoisotopic (exact) mass is 523 g/mol. The molecule has 0 spiro atoms. The minimum atomic E-state index is -0.444. The molecule has 7 nitrogen and oxygen atoms in total. The van der Waals surface area contributed by atoms with Crippen LogP contribution in [0.1, 0.15) is 69.4 Å². The van der Waals surface area contributed by atoms with E-state index in [4.69, 9.17) is 21.7 Å². The lowest BCUT2D eigenvalue weighted by molar-refractivity contribution is -0.140. The van der Waals surface area contributed by atoms with E-state index in [2.05, 4.69) is 17.6 Å². The topological polar surface area (TPSA) is 79.9 Å². The second-order valence-electron chi connectivity index (χ2n) is 9.42. The van der Waals surface area contributed by atoms with Crippen LogP contribution in [-0.2, 0) is 9.53 Å². The van der Waals surface area contributed by atoms with E-state index in [0.717, 1.165) is 29.9 Å². The van der Waals surface area contributed by atoms with Crippen LogP contribution in [0.5, 0.6) is 5.75 Å². The van der Waals surface area contributed by atoms with Crippen LogP contribution in [-0.4, -0.2) is 41.6 Å². The first kappa shape index (κ1) is 28.2. The lowest BCUT2D eigenvalue weighted by Crippen LogP contribution is -2.47. The number of nitrogens with one attached hydrogen (secondary N) is 2. The van der Waals surface area contributed by atoms with Gasteiger partial charge in [-0.25, -0.2) is 4.79 Å². The third kappa shape index (κ3) is 7.32. The summed E-state index contributed by atoms with van der Waals surface area (Å²) in [6.07, 6.45) is 2.06. The van der Waals surface area contributed by atoms with Crippen molar-refractivity contribution in [2.75, 3.05) is 25.1 Å². The van der Waals surface area contributed by atoms with Crippen LogP contribution in [0.15, 0.2) is 59.8 Å². The van der Waals surface area contributed by atoms with Gasteiger partial charge in [-0.05, 0) is 80.4 Å². The number of unbranched alkanes of at least 4 members (excludes halogenated alkanes) is 1. The zero-order valence-electron chi connectivity index (χ0n) is 22.3. The Morgan fingerprint density at radius 2 is 1.76 bits per heavy atom. The van der Waals surface area contributed by atoms with Gasteiger partial charge >= 0.3 is 5.97 Å². The quantitative estimate of drug-likeness (QED) is 0.218. The number of allylic oxidation sites excluding steroid dienone is 1. The molecule has 1 atom stereocenters. The summed E-state index contributed by atoms with van der Waals surface area (Å²) in [7, 11) is 0. The molecule has 1 aliphatic rings. The van der Waals surface area contributed by atoms with Gasteiger partial charge in [0, 0.05) is 23.5 Å². The van der Waals surface area contributed by atoms with Gasteiger partial charge < -0.3 is 25.0 Å². The molecule has 0 fully saturated rings. The van der Waals surface area contributed by atoms with Crippen molar-refractivity contribution in [2.24, 2.45) is 5.92 Å². The van der Waals surface area contributed by atoms with E-state index in [0.29, 0.717) is 41.7 Å². The number of nitrogens with zero attached hydrogens (tertiary/aromatic N) is 1. The maximum Gasteiger partial charge on any atom is 0.338 e. The highest BCUT2D eigenvalue weighted by Gasteiger charge is 2.34. The second kappa shape index (κ2) is 13.2. The molecular formula is C29H37N3O4S. The Hall–Kier alpha value is -3.39. The molecule has 0 bridgehead atoms. The highest BCUT2D eigenvalue weighted by Crippen LogP contribution is 2.32. The number of benzene rings is 2. The summed E-state index contributed by atoms with van der Waals surface area (Å²) in [6, 6.07) is 14.1. The van der Waals surface area contributed by atoms with E-state index in [-0.39, 0.29) is 17.8 Å². The summed E-state index contributed by atoms with van der Waals surface area (Å²) < 4.78 is 11.2. The SMILES string of the molecule is CCCCOc1ccc(C(=O)Nc2ccc(C3NC(=S)N(CC)C(C)=C3C(=O)OCC(C)C)cc2)cc1. The van der Waals surface area contributed by atoms with Crippen molar-refractivity contribution in [1.82, 2.24) is 10.2 Å². The maximum atomic E-state index is 13.1. The predicted octanol–water partition coefficient (Wildman–Crippen LogP) is 5.84. The Kier molecular flexibility index (Phi) is 10.1. The molecule has 0 saturated heterocycles. The molecule has 0 radical (unpaired) electrons. The predicted molar refractivity (Wildman–Crippen MR) is 151 cm³/mol. The van der Waals surface area contributed by atoms with Crippen LogP contribution < -0.4 is 15.4 Å². The first-order chi connectivity index (χ1) is 17.7. The molecular weight excluding hydrogens is 486 g/mol. The van der Waals surface area contributed by atoms with E-state index < -0.39 is 6.04 Å². The molecule has 1 unspecified atom stereocenters. The Bertz CT molecular complexity index is 1130. The average Bonchev–Trinajstić information content (AvgIpc) is 2.88. The summed E-state index contributed by atoms with van der Waals surface area (Å²) >= 11 is 5.56. The number of anilines is 1. The smallest absolute Gasteiger partial charge is 0.338 e. The van der Waals surface area contributed by atoms with Gasteiger partial charge in [-0.15, -0.1) is 0 Å². The summed E-state index contributed by atoms with van der Waals surface area (Å²) in [5.74, 6) is 0.414. The maximum absolute atomic E-state index is 13.1. The van der Waals surface area contributed by atoms with Gasteiger partial charge in [0.05, 0.1) is 24.8 Å². The van der Waals surface area contributed by atoms with Gasteiger partial charge in [0.2, 0.25) is 0 Å². The highest BCUT2D eigenvalue weighted by atomic mass is 32.1. The van der Waals surface area contributed by atoms with Crippen molar-refractivity contribution in [2.45, 2.75) is 53.5 Å². The number of amides is 1. The molecule has 8 heteroatoms. The van der Waals surface area contributed by atoms with Gasteiger partial charge in [-0.1, -0.05) is 39.3 Å². The Labute approximate surface area is 225 Å². The minimum absolute atomic E-state index is 0.211. The first-order valence-electron chi connectivity index (χ1n) is 12.8. The first-order valence-corrected chi connectivity index (χ1v) is 13.3. The van der Waals surface area contributed by atoms with Crippen molar-refractivity contribution in [3.05, 3.63) is 70.9 Å². The van der Waals surface area contributed by atoms with Crippen molar-refractivity contribution >= 4 is 34.9 Å². The van der Waals surface area contributed by atoms with E-state index in [1.165, 1.54) is 0 Å². The number of esters is 1. The fourth-order valence-corrected chi connectivity index (χ4v) is 4.38. The van der Waals surface area contributed by atoms with E-state index in [9.17, 15) is 9.59 Å². The van der Waals surface area contributed by atoms with Crippen molar-refractivity contribution in [3.63, 3.8) is 0 Å². The fraction of sp³-hybridized carbons (Fsp3) is 0.414. The number of ether oxygens (including phenoxy) is 2. The number of rotatable bonds is 11. The van der Waals surface area contributed by atoms with Crippen molar-refractivity contribution < 1.29 is 19.1 Å². The van der Waals surface area contributed by atoms with E-state index in [1.807, 2.05) is 56.9 Å². The molecule has 37 heavy (non-hydrogen) atoms. The summed E-state index contributed by atoms with van der Waals surface area (Å²) in [4.78, 5) is 27.7. The number of hydrogen-bond acceptors (Lipinski definition) is 5. The van der Waals surface area contributed by atoms with Crippen LogP contribution in [0, 0.1) is 5.92 Å². The molecule has 0 aromatic heterocycles. The van der Waals surface area contributed by atoms with Crippen LogP contribution in [0.25, 0.3) is 0 Å². The van der Waals surface area contributed by atoms with Crippen LogP contribution in [0.3, 0.4) is 0 Å². The molecule has 198 valence electrons. The molecule has 0 aliphatic carbocycles. The van der Waals surface area contributed by atoms with Crippen LogP contribution in [0.4, 0.5) is 5.69 Å². The molecule has 2 aromatic rings. The second-order valence-corrected chi connectivity index (χ2v) is 9.81. The van der Waals surface area contributed by atoms with Gasteiger partial charge in [0.15, 0.2) is 5.11 Å². The number of carbonyl (C=O) groups excluding carboxylic acids is 2.